The second-order valence-corrected chi connectivity index (χ2v) is 6.56. The maximum absolute atomic E-state index is 10.7. The van der Waals surface area contributed by atoms with E-state index in [9.17, 15) is 15.2 Å². The number of anilines is 1. The minimum Gasteiger partial charge on any atom is -0.388 e. The first-order valence-electron chi connectivity index (χ1n) is 7.20. The number of aliphatic hydroxyl groups is 1. The van der Waals surface area contributed by atoms with Gasteiger partial charge in [0.2, 0.25) is 0 Å². The van der Waals surface area contributed by atoms with Crippen LogP contribution in [0.4, 0.5) is 11.5 Å². The minimum atomic E-state index is -0.714. The molecular formula is C14H20BrN3O3. The van der Waals surface area contributed by atoms with E-state index >= 15 is 0 Å². The van der Waals surface area contributed by atoms with Gasteiger partial charge < -0.3 is 10.4 Å². The largest absolute Gasteiger partial charge is 0.388 e. The van der Waals surface area contributed by atoms with Gasteiger partial charge in [0.05, 0.1) is 15.0 Å². The van der Waals surface area contributed by atoms with Crippen LogP contribution in [0.3, 0.4) is 0 Å². The molecule has 116 valence electrons. The average molecular weight is 358 g/mol. The van der Waals surface area contributed by atoms with Crippen molar-refractivity contribution in [3.8, 4) is 0 Å². The number of hydrogen-bond donors (Lipinski definition) is 2. The van der Waals surface area contributed by atoms with Crippen molar-refractivity contribution in [3.63, 3.8) is 0 Å². The van der Waals surface area contributed by atoms with E-state index in [-0.39, 0.29) is 5.69 Å². The summed E-state index contributed by atoms with van der Waals surface area (Å²) in [7, 11) is 0. The maximum atomic E-state index is 10.7. The van der Waals surface area contributed by atoms with Gasteiger partial charge in [-0.25, -0.2) is 4.98 Å². The summed E-state index contributed by atoms with van der Waals surface area (Å²) in [5.41, 5.74) is -0.774. The number of pyridine rings is 1. The predicted molar refractivity (Wildman–Crippen MR) is 84.3 cm³/mol. The summed E-state index contributed by atoms with van der Waals surface area (Å²) in [5, 5.41) is 24.3. The second-order valence-electron chi connectivity index (χ2n) is 5.71. The van der Waals surface area contributed by atoms with E-state index in [4.69, 9.17) is 0 Å². The molecule has 7 heteroatoms. The van der Waals surface area contributed by atoms with Gasteiger partial charge in [0.15, 0.2) is 0 Å². The van der Waals surface area contributed by atoms with Crippen molar-refractivity contribution < 1.29 is 10.0 Å². The molecule has 1 aromatic heterocycles. The van der Waals surface area contributed by atoms with Gasteiger partial charge in [-0.2, -0.15) is 0 Å². The Labute approximate surface area is 132 Å². The predicted octanol–water partition coefficient (Wildman–Crippen LogP) is 3.50. The molecule has 2 rings (SSSR count). The maximum Gasteiger partial charge on any atom is 0.288 e. The second kappa shape index (κ2) is 6.70. The number of nitro groups is 1. The molecule has 0 radical (unpaired) electrons. The van der Waals surface area contributed by atoms with Crippen molar-refractivity contribution in [2.24, 2.45) is 5.92 Å². The summed E-state index contributed by atoms with van der Waals surface area (Å²) in [6.45, 7) is 2.60. The highest BCUT2D eigenvalue weighted by Crippen LogP contribution is 2.34. The summed E-state index contributed by atoms with van der Waals surface area (Å²) in [4.78, 5) is 14.2. The first-order valence-corrected chi connectivity index (χ1v) is 7.99. The fourth-order valence-electron chi connectivity index (χ4n) is 2.71. The smallest absolute Gasteiger partial charge is 0.288 e. The third kappa shape index (κ3) is 4.14. The average Bonchev–Trinajstić information content (AvgIpc) is 2.46. The molecule has 0 unspecified atom stereocenters. The van der Waals surface area contributed by atoms with E-state index in [0.717, 1.165) is 31.6 Å². The van der Waals surface area contributed by atoms with Crippen LogP contribution in [0.15, 0.2) is 16.7 Å². The summed E-state index contributed by atoms with van der Waals surface area (Å²) >= 11 is 3.27. The van der Waals surface area contributed by atoms with Gasteiger partial charge in [0, 0.05) is 12.6 Å². The van der Waals surface area contributed by atoms with Crippen LogP contribution in [0.2, 0.25) is 0 Å². The molecule has 0 aromatic carbocycles. The summed E-state index contributed by atoms with van der Waals surface area (Å²) < 4.78 is 0.530. The van der Waals surface area contributed by atoms with Crippen molar-refractivity contribution in [1.29, 1.82) is 0 Å². The van der Waals surface area contributed by atoms with Crippen LogP contribution in [-0.4, -0.2) is 27.2 Å². The third-order valence-electron chi connectivity index (χ3n) is 4.24. The monoisotopic (exact) mass is 357 g/mol. The van der Waals surface area contributed by atoms with E-state index in [1.54, 1.807) is 0 Å². The first-order chi connectivity index (χ1) is 9.93. The van der Waals surface area contributed by atoms with Crippen LogP contribution < -0.4 is 5.32 Å². The summed E-state index contributed by atoms with van der Waals surface area (Å²) in [6, 6.07) is 1.41. The molecule has 1 heterocycles. The molecule has 1 fully saturated rings. The lowest BCUT2D eigenvalue weighted by atomic mass is 9.78. The lowest BCUT2D eigenvalue weighted by molar-refractivity contribution is -0.385. The molecule has 0 saturated heterocycles. The number of aromatic nitrogens is 1. The molecule has 0 bridgehead atoms. The third-order valence-corrected chi connectivity index (χ3v) is 4.84. The standard InChI is InChI=1S/C14H20BrN3O3/c1-2-10-3-5-14(19,6-4-10)9-17-13-12(15)7-11(8-16-13)18(20)21/h7-8,10,19H,2-6,9H2,1H3,(H,16,17). The molecule has 21 heavy (non-hydrogen) atoms. The molecule has 6 nitrogen and oxygen atoms in total. The van der Waals surface area contributed by atoms with Crippen LogP contribution in [0.25, 0.3) is 0 Å². The van der Waals surface area contributed by atoms with E-state index in [0.29, 0.717) is 16.8 Å². The Kier molecular flexibility index (Phi) is 5.16. The Bertz CT molecular complexity index is 516. The van der Waals surface area contributed by atoms with Crippen molar-refractivity contribution in [2.45, 2.75) is 44.6 Å². The van der Waals surface area contributed by atoms with Crippen LogP contribution in [0.5, 0.6) is 0 Å². The number of nitrogens with one attached hydrogen (secondary N) is 1. The molecule has 1 aliphatic rings. The van der Waals surface area contributed by atoms with Crippen LogP contribution in [-0.2, 0) is 0 Å². The van der Waals surface area contributed by atoms with Gasteiger partial charge in [0.25, 0.3) is 5.69 Å². The molecule has 0 aliphatic heterocycles. The topological polar surface area (TPSA) is 88.3 Å². The van der Waals surface area contributed by atoms with Crippen LogP contribution in [0.1, 0.15) is 39.0 Å². The fourth-order valence-corrected chi connectivity index (χ4v) is 3.18. The molecule has 2 N–H and O–H groups in total. The number of nitrogens with zero attached hydrogens (tertiary/aromatic N) is 2. The number of hydrogen-bond acceptors (Lipinski definition) is 5. The lowest BCUT2D eigenvalue weighted by Gasteiger charge is -2.36. The molecule has 0 spiro atoms. The van der Waals surface area contributed by atoms with Gasteiger partial charge >= 0.3 is 0 Å². The van der Waals surface area contributed by atoms with Gasteiger partial charge in [-0.1, -0.05) is 13.3 Å². The molecule has 1 aliphatic carbocycles. The minimum absolute atomic E-state index is 0.0606. The van der Waals surface area contributed by atoms with Crippen LogP contribution >= 0.6 is 15.9 Å². The molecule has 1 saturated carbocycles. The molecule has 0 atom stereocenters. The first kappa shape index (κ1) is 16.2. The normalized spacial score (nSPS) is 25.6. The summed E-state index contributed by atoms with van der Waals surface area (Å²) in [5.74, 6) is 1.24. The van der Waals surface area contributed by atoms with Crippen molar-refractivity contribution in [2.75, 3.05) is 11.9 Å². The lowest BCUT2D eigenvalue weighted by Crippen LogP contribution is -2.40. The van der Waals surface area contributed by atoms with Crippen molar-refractivity contribution >= 4 is 27.4 Å². The van der Waals surface area contributed by atoms with Gasteiger partial charge in [-0.05, 0) is 47.5 Å². The van der Waals surface area contributed by atoms with Gasteiger partial charge in [0.1, 0.15) is 12.0 Å². The van der Waals surface area contributed by atoms with E-state index in [2.05, 4.69) is 33.2 Å². The molecule has 0 amide bonds. The highest BCUT2D eigenvalue weighted by atomic mass is 79.9. The Morgan fingerprint density at radius 2 is 2.24 bits per heavy atom. The molecule has 1 aromatic rings. The zero-order valence-corrected chi connectivity index (χ0v) is 13.6. The van der Waals surface area contributed by atoms with Gasteiger partial charge in [-0.15, -0.1) is 0 Å². The summed E-state index contributed by atoms with van der Waals surface area (Å²) in [6.07, 6.45) is 6.03. The number of halogens is 1. The SMILES string of the molecule is CCC1CCC(O)(CNc2ncc([N+](=O)[O-])cc2Br)CC1. The van der Waals surface area contributed by atoms with E-state index in [1.807, 2.05) is 0 Å². The Hall–Kier alpha value is -1.21. The zero-order valence-electron chi connectivity index (χ0n) is 12.0. The molecular weight excluding hydrogens is 338 g/mol. The Balaban J connectivity index is 1.95. The van der Waals surface area contributed by atoms with Gasteiger partial charge in [-0.3, -0.25) is 10.1 Å². The van der Waals surface area contributed by atoms with E-state index in [1.165, 1.54) is 18.7 Å². The van der Waals surface area contributed by atoms with E-state index < -0.39 is 10.5 Å². The highest BCUT2D eigenvalue weighted by Gasteiger charge is 2.32. The quantitative estimate of drug-likeness (QED) is 0.621. The zero-order chi connectivity index (χ0) is 15.5. The Morgan fingerprint density at radius 3 is 2.76 bits per heavy atom. The highest BCUT2D eigenvalue weighted by molar-refractivity contribution is 9.10. The number of rotatable bonds is 5. The van der Waals surface area contributed by atoms with Crippen LogP contribution in [0, 0.1) is 16.0 Å². The Morgan fingerprint density at radius 1 is 1.57 bits per heavy atom. The van der Waals surface area contributed by atoms with Crippen molar-refractivity contribution in [3.05, 3.63) is 26.9 Å². The fraction of sp³-hybridized carbons (Fsp3) is 0.643. The van der Waals surface area contributed by atoms with Crippen molar-refractivity contribution in [1.82, 2.24) is 4.98 Å².